The Balaban J connectivity index is 1.51. The van der Waals surface area contributed by atoms with Gasteiger partial charge in [-0.05, 0) is 36.8 Å². The zero-order valence-electron chi connectivity index (χ0n) is 14.0. The van der Waals surface area contributed by atoms with Crippen molar-refractivity contribution in [2.75, 3.05) is 0 Å². The van der Waals surface area contributed by atoms with Gasteiger partial charge in [0, 0.05) is 18.3 Å². The minimum atomic E-state index is -4.73. The summed E-state index contributed by atoms with van der Waals surface area (Å²) >= 11 is 0. The number of ether oxygens (including phenoxy) is 2. The molecule has 1 unspecified atom stereocenters. The molecule has 0 fully saturated rings. The van der Waals surface area contributed by atoms with Crippen molar-refractivity contribution in [3.8, 4) is 11.6 Å². The zero-order chi connectivity index (χ0) is 19.1. The fourth-order valence-electron chi connectivity index (χ4n) is 2.72. The lowest BCUT2D eigenvalue weighted by Gasteiger charge is -2.20. The first-order chi connectivity index (χ1) is 12.8. The molecule has 0 saturated carbocycles. The summed E-state index contributed by atoms with van der Waals surface area (Å²) in [6.07, 6.45) is -1.26. The Bertz CT molecular complexity index is 965. The summed E-state index contributed by atoms with van der Waals surface area (Å²) in [7, 11) is 0. The second-order valence-electron chi connectivity index (χ2n) is 6.05. The maximum atomic E-state index is 12.3. The molecule has 9 heteroatoms. The van der Waals surface area contributed by atoms with Gasteiger partial charge in [-0.1, -0.05) is 18.2 Å². The Hall–Kier alpha value is -3.20. The molecule has 1 aliphatic rings. The summed E-state index contributed by atoms with van der Waals surface area (Å²) in [5.41, 5.74) is 3.24. The van der Waals surface area contributed by atoms with E-state index < -0.39 is 12.0 Å². The average Bonchev–Trinajstić information content (AvgIpc) is 3.18. The van der Waals surface area contributed by atoms with Crippen LogP contribution in [0.25, 0.3) is 5.52 Å². The van der Waals surface area contributed by atoms with E-state index in [0.29, 0.717) is 17.3 Å². The molecule has 0 spiro atoms. The van der Waals surface area contributed by atoms with Crippen molar-refractivity contribution < 1.29 is 27.5 Å². The molecule has 27 heavy (non-hydrogen) atoms. The molecule has 1 N–H and O–H groups in total. The van der Waals surface area contributed by atoms with Crippen LogP contribution in [-0.2, 0) is 10.4 Å². The quantitative estimate of drug-likeness (QED) is 0.747. The lowest BCUT2D eigenvalue weighted by atomic mass is 9.96. The maximum absolute atomic E-state index is 12.3. The number of hydrogen-bond donors (Lipinski definition) is 1. The van der Waals surface area contributed by atoms with E-state index in [0.717, 1.165) is 5.52 Å². The van der Waals surface area contributed by atoms with Crippen LogP contribution in [0.3, 0.4) is 0 Å². The lowest BCUT2D eigenvalue weighted by molar-refractivity contribution is -0.274. The molecule has 3 aromatic rings. The first-order valence-corrected chi connectivity index (χ1v) is 7.96. The van der Waals surface area contributed by atoms with Crippen molar-refractivity contribution in [2.24, 2.45) is 0 Å². The summed E-state index contributed by atoms with van der Waals surface area (Å²) in [4.78, 5) is 5.56. The smallest absolute Gasteiger partial charge is 0.419 e. The summed E-state index contributed by atoms with van der Waals surface area (Å²) in [6, 6.07) is 12.8. The Morgan fingerprint density at radius 1 is 1.15 bits per heavy atom. The SMILES string of the molecule is CC1(c2ccc(OC(F)(F)F)cc2)C=C(Oc2cc3ccccn3n2)NO1. The van der Waals surface area contributed by atoms with Crippen LogP contribution in [0.1, 0.15) is 12.5 Å². The topological polar surface area (TPSA) is 57.0 Å². The predicted molar refractivity (Wildman–Crippen MR) is 88.6 cm³/mol. The molecule has 1 atom stereocenters. The van der Waals surface area contributed by atoms with Crippen LogP contribution >= 0.6 is 0 Å². The highest BCUT2D eigenvalue weighted by molar-refractivity contribution is 5.49. The summed E-state index contributed by atoms with van der Waals surface area (Å²) in [5.74, 6) is 0.407. The Labute approximate surface area is 151 Å². The highest BCUT2D eigenvalue weighted by Crippen LogP contribution is 2.33. The maximum Gasteiger partial charge on any atom is 0.573 e. The molecule has 4 rings (SSSR count). The number of rotatable bonds is 4. The zero-order valence-corrected chi connectivity index (χ0v) is 14.0. The second kappa shape index (κ2) is 6.20. The standard InChI is InChI=1S/C18H14F3N3O3/c1-17(12-5-7-14(8-6-12)26-18(19,20)21)11-16(23-27-17)25-15-10-13-4-2-3-9-24(13)22-15/h2-11,23H,1H3. The van der Waals surface area contributed by atoms with E-state index >= 15 is 0 Å². The van der Waals surface area contributed by atoms with E-state index in [9.17, 15) is 13.2 Å². The number of aromatic nitrogens is 2. The molecule has 2 aromatic heterocycles. The molecular formula is C18H14F3N3O3. The Kier molecular flexibility index (Phi) is 3.96. The molecule has 0 bridgehead atoms. The van der Waals surface area contributed by atoms with Crippen LogP contribution in [-0.4, -0.2) is 16.0 Å². The van der Waals surface area contributed by atoms with Gasteiger partial charge in [0.15, 0.2) is 0 Å². The summed E-state index contributed by atoms with van der Waals surface area (Å²) < 4.78 is 48.0. The first kappa shape index (κ1) is 17.2. The fourth-order valence-corrected chi connectivity index (χ4v) is 2.72. The second-order valence-corrected chi connectivity index (χ2v) is 6.05. The van der Waals surface area contributed by atoms with Gasteiger partial charge in [-0.25, -0.2) is 10.00 Å². The Morgan fingerprint density at radius 3 is 2.63 bits per heavy atom. The molecular weight excluding hydrogens is 363 g/mol. The van der Waals surface area contributed by atoms with Crippen LogP contribution in [0.2, 0.25) is 0 Å². The number of alkyl halides is 3. The molecule has 140 valence electrons. The van der Waals surface area contributed by atoms with Gasteiger partial charge in [0.25, 0.3) is 0 Å². The van der Waals surface area contributed by atoms with Crippen LogP contribution in [0.5, 0.6) is 11.6 Å². The van der Waals surface area contributed by atoms with E-state index in [1.165, 1.54) is 24.3 Å². The lowest BCUT2D eigenvalue weighted by Crippen LogP contribution is -2.23. The predicted octanol–water partition coefficient (Wildman–Crippen LogP) is 3.90. The molecule has 6 nitrogen and oxygen atoms in total. The van der Waals surface area contributed by atoms with Crippen molar-refractivity contribution in [3.05, 3.63) is 72.3 Å². The van der Waals surface area contributed by atoms with Crippen LogP contribution in [0.15, 0.2) is 66.7 Å². The minimum Gasteiger partial charge on any atom is -0.419 e. The van der Waals surface area contributed by atoms with E-state index in [2.05, 4.69) is 15.3 Å². The summed E-state index contributed by atoms with van der Waals surface area (Å²) in [6.45, 7) is 1.75. The third-order valence-electron chi connectivity index (χ3n) is 3.99. The summed E-state index contributed by atoms with van der Waals surface area (Å²) in [5, 5.41) is 4.28. The van der Waals surface area contributed by atoms with E-state index in [-0.39, 0.29) is 5.75 Å². The van der Waals surface area contributed by atoms with E-state index in [4.69, 9.17) is 9.57 Å². The fraction of sp³-hybridized carbons (Fsp3) is 0.167. The van der Waals surface area contributed by atoms with Crippen molar-refractivity contribution in [1.29, 1.82) is 0 Å². The van der Waals surface area contributed by atoms with Gasteiger partial charge in [0.05, 0.1) is 5.52 Å². The number of benzene rings is 1. The monoisotopic (exact) mass is 377 g/mol. The van der Waals surface area contributed by atoms with Gasteiger partial charge in [0.2, 0.25) is 11.8 Å². The van der Waals surface area contributed by atoms with Crippen LogP contribution in [0.4, 0.5) is 13.2 Å². The number of pyridine rings is 1. The number of hydroxylamine groups is 1. The van der Waals surface area contributed by atoms with Gasteiger partial charge >= 0.3 is 6.36 Å². The van der Waals surface area contributed by atoms with Crippen molar-refractivity contribution in [2.45, 2.75) is 18.9 Å². The molecule has 1 aromatic carbocycles. The molecule has 1 aliphatic heterocycles. The van der Waals surface area contributed by atoms with Crippen molar-refractivity contribution >= 4 is 5.52 Å². The average molecular weight is 377 g/mol. The van der Waals surface area contributed by atoms with E-state index in [1.807, 2.05) is 18.2 Å². The van der Waals surface area contributed by atoms with Gasteiger partial charge in [0.1, 0.15) is 11.4 Å². The third-order valence-corrected chi connectivity index (χ3v) is 3.99. The molecule has 0 amide bonds. The number of halogens is 3. The van der Waals surface area contributed by atoms with E-state index in [1.54, 1.807) is 29.8 Å². The van der Waals surface area contributed by atoms with Gasteiger partial charge < -0.3 is 9.47 Å². The largest absolute Gasteiger partial charge is 0.573 e. The molecule has 3 heterocycles. The van der Waals surface area contributed by atoms with Gasteiger partial charge in [-0.15, -0.1) is 18.3 Å². The van der Waals surface area contributed by atoms with Crippen molar-refractivity contribution in [1.82, 2.24) is 15.1 Å². The Morgan fingerprint density at radius 2 is 1.93 bits per heavy atom. The normalized spacial score (nSPS) is 19.6. The first-order valence-electron chi connectivity index (χ1n) is 7.96. The van der Waals surface area contributed by atoms with Gasteiger partial charge in [-0.3, -0.25) is 4.84 Å². The minimum absolute atomic E-state index is 0.300. The molecule has 0 radical (unpaired) electrons. The molecule has 0 aliphatic carbocycles. The number of nitrogens with one attached hydrogen (secondary N) is 1. The highest BCUT2D eigenvalue weighted by Gasteiger charge is 2.34. The third kappa shape index (κ3) is 3.68. The highest BCUT2D eigenvalue weighted by atomic mass is 19.4. The number of fused-ring (bicyclic) bond motifs is 1. The van der Waals surface area contributed by atoms with Gasteiger partial charge in [-0.2, -0.15) is 0 Å². The number of hydrogen-bond acceptors (Lipinski definition) is 5. The molecule has 0 saturated heterocycles. The van der Waals surface area contributed by atoms with Crippen molar-refractivity contribution in [3.63, 3.8) is 0 Å². The van der Waals surface area contributed by atoms with Crippen LogP contribution < -0.4 is 15.0 Å². The number of nitrogens with zero attached hydrogens (tertiary/aromatic N) is 2. The van der Waals surface area contributed by atoms with Crippen LogP contribution in [0, 0.1) is 0 Å².